The van der Waals surface area contributed by atoms with Gasteiger partial charge in [0, 0.05) is 0 Å². The number of nitriles is 1. The molecule has 0 fully saturated rings. The lowest BCUT2D eigenvalue weighted by Gasteiger charge is -2.06. The number of unbranched alkanes of at least 4 members (excludes halogenated alkanes) is 1. The molecule has 0 atom stereocenters. The molecule has 5 heteroatoms. The van der Waals surface area contributed by atoms with Crippen LogP contribution in [-0.4, -0.2) is 15.0 Å². The maximum Gasteiger partial charge on any atom is 0.185 e. The van der Waals surface area contributed by atoms with Crippen LogP contribution in [0.25, 0.3) is 0 Å². The van der Waals surface area contributed by atoms with Gasteiger partial charge < -0.3 is 0 Å². The highest BCUT2D eigenvalue weighted by atomic mass is 19.1. The minimum Gasteiger partial charge on any atom is -0.244 e. The van der Waals surface area contributed by atoms with E-state index in [1.165, 1.54) is 12.1 Å². The molecule has 0 radical (unpaired) electrons. The summed E-state index contributed by atoms with van der Waals surface area (Å²) in [6, 6.07) is 8.33. The SMILES string of the molecule is CCCCc1c(C#N)nnn1Cc1ccc(F)cc1. The number of aromatic nitrogens is 3. The molecule has 0 aliphatic carbocycles. The predicted octanol–water partition coefficient (Wildman–Crippen LogP) is 2.68. The molecule has 1 heterocycles. The number of hydrogen-bond donors (Lipinski definition) is 0. The second kappa shape index (κ2) is 6.10. The van der Waals surface area contributed by atoms with Crippen LogP contribution in [0, 0.1) is 17.1 Å². The normalized spacial score (nSPS) is 10.4. The fourth-order valence-corrected chi connectivity index (χ4v) is 1.90. The Hall–Kier alpha value is -2.22. The van der Waals surface area contributed by atoms with Gasteiger partial charge in [-0.25, -0.2) is 9.07 Å². The Labute approximate surface area is 111 Å². The van der Waals surface area contributed by atoms with Crippen LogP contribution in [0.1, 0.15) is 36.7 Å². The first-order valence-corrected chi connectivity index (χ1v) is 6.31. The molecular formula is C14H15FN4. The number of nitrogens with zero attached hydrogens (tertiary/aromatic N) is 4. The molecule has 0 unspecified atom stereocenters. The molecule has 2 aromatic rings. The summed E-state index contributed by atoms with van der Waals surface area (Å²) >= 11 is 0. The topological polar surface area (TPSA) is 54.5 Å². The fraction of sp³-hybridized carbons (Fsp3) is 0.357. The monoisotopic (exact) mass is 258 g/mol. The fourth-order valence-electron chi connectivity index (χ4n) is 1.90. The quantitative estimate of drug-likeness (QED) is 0.828. The van der Waals surface area contributed by atoms with Crippen LogP contribution < -0.4 is 0 Å². The summed E-state index contributed by atoms with van der Waals surface area (Å²) in [6.45, 7) is 2.61. The van der Waals surface area contributed by atoms with E-state index < -0.39 is 0 Å². The zero-order valence-electron chi connectivity index (χ0n) is 10.8. The van der Waals surface area contributed by atoms with Crippen molar-refractivity contribution >= 4 is 0 Å². The van der Waals surface area contributed by atoms with E-state index in [9.17, 15) is 4.39 Å². The second-order valence-corrected chi connectivity index (χ2v) is 4.38. The van der Waals surface area contributed by atoms with E-state index in [0.717, 1.165) is 30.5 Å². The Morgan fingerprint density at radius 1 is 1.32 bits per heavy atom. The zero-order valence-corrected chi connectivity index (χ0v) is 10.8. The molecule has 2 rings (SSSR count). The summed E-state index contributed by atoms with van der Waals surface area (Å²) in [7, 11) is 0. The zero-order chi connectivity index (χ0) is 13.7. The van der Waals surface area contributed by atoms with Gasteiger partial charge in [0.1, 0.15) is 11.9 Å². The van der Waals surface area contributed by atoms with Crippen molar-refractivity contribution in [2.45, 2.75) is 32.7 Å². The van der Waals surface area contributed by atoms with E-state index in [1.807, 2.05) is 0 Å². The van der Waals surface area contributed by atoms with Crippen molar-refractivity contribution in [3.05, 3.63) is 47.0 Å². The summed E-state index contributed by atoms with van der Waals surface area (Å²) in [5.41, 5.74) is 2.18. The molecular weight excluding hydrogens is 243 g/mol. The average molecular weight is 258 g/mol. The summed E-state index contributed by atoms with van der Waals surface area (Å²) < 4.78 is 14.6. The molecule has 0 aliphatic rings. The van der Waals surface area contributed by atoms with Crippen molar-refractivity contribution in [3.8, 4) is 6.07 Å². The minimum absolute atomic E-state index is 0.258. The standard InChI is InChI=1S/C14H15FN4/c1-2-3-4-14-13(9-16)17-18-19(14)10-11-5-7-12(15)8-6-11/h5-8H,2-4,10H2,1H3. The molecule has 0 saturated carbocycles. The Kier molecular flexibility index (Phi) is 4.24. The lowest BCUT2D eigenvalue weighted by atomic mass is 10.1. The summed E-state index contributed by atoms with van der Waals surface area (Å²) in [5.74, 6) is -0.258. The molecule has 0 N–H and O–H groups in total. The smallest absolute Gasteiger partial charge is 0.185 e. The van der Waals surface area contributed by atoms with E-state index in [0.29, 0.717) is 12.2 Å². The molecule has 98 valence electrons. The Balaban J connectivity index is 2.22. The Bertz CT molecular complexity index is 580. The third-order valence-corrected chi connectivity index (χ3v) is 2.96. The van der Waals surface area contributed by atoms with Crippen LogP contribution in [0.2, 0.25) is 0 Å². The van der Waals surface area contributed by atoms with Gasteiger partial charge in [-0.15, -0.1) is 5.10 Å². The molecule has 0 bridgehead atoms. The van der Waals surface area contributed by atoms with Crippen LogP contribution in [0.5, 0.6) is 0 Å². The highest BCUT2D eigenvalue weighted by Crippen LogP contribution is 2.12. The Morgan fingerprint density at radius 2 is 2.05 bits per heavy atom. The number of halogens is 1. The van der Waals surface area contributed by atoms with Gasteiger partial charge in [0.2, 0.25) is 0 Å². The van der Waals surface area contributed by atoms with E-state index in [1.54, 1.807) is 16.8 Å². The maximum absolute atomic E-state index is 12.9. The van der Waals surface area contributed by atoms with Crippen molar-refractivity contribution in [1.29, 1.82) is 5.26 Å². The van der Waals surface area contributed by atoms with E-state index >= 15 is 0 Å². The van der Waals surface area contributed by atoms with Crippen molar-refractivity contribution < 1.29 is 4.39 Å². The molecule has 1 aromatic carbocycles. The van der Waals surface area contributed by atoms with Gasteiger partial charge in [-0.3, -0.25) is 0 Å². The lowest BCUT2D eigenvalue weighted by Crippen LogP contribution is -2.07. The van der Waals surface area contributed by atoms with Crippen LogP contribution in [0.4, 0.5) is 4.39 Å². The maximum atomic E-state index is 12.9. The first-order valence-electron chi connectivity index (χ1n) is 6.31. The van der Waals surface area contributed by atoms with Crippen LogP contribution in [-0.2, 0) is 13.0 Å². The molecule has 0 aliphatic heterocycles. The third kappa shape index (κ3) is 3.16. The summed E-state index contributed by atoms with van der Waals surface area (Å²) in [6.07, 6.45) is 2.83. The molecule has 4 nitrogen and oxygen atoms in total. The highest BCUT2D eigenvalue weighted by molar-refractivity contribution is 5.26. The van der Waals surface area contributed by atoms with Crippen LogP contribution in [0.3, 0.4) is 0 Å². The number of hydrogen-bond acceptors (Lipinski definition) is 3. The van der Waals surface area contributed by atoms with E-state index in [2.05, 4.69) is 23.3 Å². The first kappa shape index (κ1) is 13.2. The van der Waals surface area contributed by atoms with Gasteiger partial charge in [-0.1, -0.05) is 30.7 Å². The van der Waals surface area contributed by atoms with Crippen molar-refractivity contribution in [2.24, 2.45) is 0 Å². The van der Waals surface area contributed by atoms with Gasteiger partial charge in [-0.2, -0.15) is 5.26 Å². The van der Waals surface area contributed by atoms with Gasteiger partial charge in [0.05, 0.1) is 12.2 Å². The average Bonchev–Trinajstić information content (AvgIpc) is 2.81. The van der Waals surface area contributed by atoms with Crippen molar-refractivity contribution in [2.75, 3.05) is 0 Å². The first-order chi connectivity index (χ1) is 9.24. The highest BCUT2D eigenvalue weighted by Gasteiger charge is 2.12. The van der Waals surface area contributed by atoms with Gasteiger partial charge in [-0.05, 0) is 30.5 Å². The van der Waals surface area contributed by atoms with Crippen LogP contribution in [0.15, 0.2) is 24.3 Å². The molecule has 0 spiro atoms. The number of rotatable bonds is 5. The molecule has 19 heavy (non-hydrogen) atoms. The van der Waals surface area contributed by atoms with Gasteiger partial charge in [0.25, 0.3) is 0 Å². The van der Waals surface area contributed by atoms with Gasteiger partial charge in [0.15, 0.2) is 5.69 Å². The molecule has 0 amide bonds. The van der Waals surface area contributed by atoms with Crippen LogP contribution >= 0.6 is 0 Å². The summed E-state index contributed by atoms with van der Waals surface area (Å²) in [4.78, 5) is 0. The Morgan fingerprint density at radius 3 is 2.68 bits per heavy atom. The summed E-state index contributed by atoms with van der Waals surface area (Å²) in [5, 5.41) is 16.9. The molecule has 1 aromatic heterocycles. The van der Waals surface area contributed by atoms with Crippen molar-refractivity contribution in [3.63, 3.8) is 0 Å². The van der Waals surface area contributed by atoms with Gasteiger partial charge >= 0.3 is 0 Å². The third-order valence-electron chi connectivity index (χ3n) is 2.96. The van der Waals surface area contributed by atoms with E-state index in [-0.39, 0.29) is 5.82 Å². The largest absolute Gasteiger partial charge is 0.244 e. The predicted molar refractivity (Wildman–Crippen MR) is 68.9 cm³/mol. The molecule has 0 saturated heterocycles. The second-order valence-electron chi connectivity index (χ2n) is 4.38. The van der Waals surface area contributed by atoms with Crippen molar-refractivity contribution in [1.82, 2.24) is 15.0 Å². The minimum atomic E-state index is -0.258. The number of benzene rings is 1. The lowest BCUT2D eigenvalue weighted by molar-refractivity contribution is 0.601. The van der Waals surface area contributed by atoms with E-state index in [4.69, 9.17) is 5.26 Å².